The number of halogens is 2. The van der Waals surface area contributed by atoms with Gasteiger partial charge in [-0.05, 0) is 29.8 Å². The van der Waals surface area contributed by atoms with Crippen LogP contribution in [0, 0.1) is 11.6 Å². The molecule has 2 aromatic carbocycles. The van der Waals surface area contributed by atoms with Gasteiger partial charge in [0.2, 0.25) is 0 Å². The summed E-state index contributed by atoms with van der Waals surface area (Å²) in [5.74, 6) is -0.744. The van der Waals surface area contributed by atoms with Crippen molar-refractivity contribution in [1.82, 2.24) is 20.4 Å². The third-order valence-corrected chi connectivity index (χ3v) is 3.87. The highest BCUT2D eigenvalue weighted by molar-refractivity contribution is 5.83. The number of H-pyrrole nitrogens is 1. The van der Waals surface area contributed by atoms with Crippen molar-refractivity contribution in [2.75, 3.05) is 12.4 Å². The Morgan fingerprint density at radius 1 is 1.19 bits per heavy atom. The van der Waals surface area contributed by atoms with E-state index in [0.29, 0.717) is 17.4 Å². The number of nitrogens with one attached hydrogen (secondary N) is 2. The number of ether oxygens (including phenoxy) is 1. The molecule has 0 saturated carbocycles. The predicted molar refractivity (Wildman–Crippen MR) is 89.6 cm³/mol. The Labute approximate surface area is 146 Å². The summed E-state index contributed by atoms with van der Waals surface area (Å²) in [5.41, 5.74) is 1.52. The van der Waals surface area contributed by atoms with Crippen molar-refractivity contribution < 1.29 is 17.9 Å². The van der Waals surface area contributed by atoms with Gasteiger partial charge in [0, 0.05) is 6.54 Å². The van der Waals surface area contributed by atoms with Gasteiger partial charge in [0.05, 0.1) is 29.8 Å². The Balaban J connectivity index is 1.53. The summed E-state index contributed by atoms with van der Waals surface area (Å²) in [6, 6.07) is 7.82. The van der Waals surface area contributed by atoms with E-state index in [9.17, 15) is 8.78 Å². The van der Waals surface area contributed by atoms with Crippen LogP contribution in [0.5, 0.6) is 5.75 Å². The Hall–Kier alpha value is -3.49. The number of hydrogen-bond acceptors (Lipinski definition) is 6. The molecule has 0 aliphatic carbocycles. The topological polar surface area (TPSA) is 88.9 Å². The number of fused-ring (bicyclic) bond motifs is 1. The molecule has 4 aromatic rings. The zero-order valence-corrected chi connectivity index (χ0v) is 13.6. The average Bonchev–Trinajstić information content (AvgIpc) is 3.31. The van der Waals surface area contributed by atoms with Gasteiger partial charge in [-0.3, -0.25) is 5.10 Å². The van der Waals surface area contributed by atoms with E-state index in [4.69, 9.17) is 9.15 Å². The van der Waals surface area contributed by atoms with E-state index in [2.05, 4.69) is 25.7 Å². The first-order valence-corrected chi connectivity index (χ1v) is 7.67. The molecule has 0 amide bonds. The van der Waals surface area contributed by atoms with Crippen LogP contribution in [0.15, 0.2) is 40.9 Å². The summed E-state index contributed by atoms with van der Waals surface area (Å²) in [6.07, 6.45) is 1.39. The molecular formula is C17H13F2N5O2. The van der Waals surface area contributed by atoms with Gasteiger partial charge in [0.15, 0.2) is 11.6 Å². The number of aromatic nitrogens is 4. The second-order valence-electron chi connectivity index (χ2n) is 5.49. The number of aromatic amines is 1. The van der Waals surface area contributed by atoms with Gasteiger partial charge in [0.1, 0.15) is 5.82 Å². The van der Waals surface area contributed by atoms with Crippen LogP contribution in [0.3, 0.4) is 0 Å². The third kappa shape index (κ3) is 2.83. The number of anilines is 1. The number of nitrogens with zero attached hydrogens (tertiary/aromatic N) is 3. The van der Waals surface area contributed by atoms with Crippen LogP contribution < -0.4 is 10.1 Å². The zero-order chi connectivity index (χ0) is 18.1. The van der Waals surface area contributed by atoms with E-state index in [0.717, 1.165) is 5.56 Å². The molecule has 132 valence electrons. The van der Waals surface area contributed by atoms with Gasteiger partial charge in [-0.25, -0.2) is 8.78 Å². The third-order valence-electron chi connectivity index (χ3n) is 3.87. The molecule has 9 heteroatoms. The summed E-state index contributed by atoms with van der Waals surface area (Å²) in [7, 11) is 1.39. The summed E-state index contributed by atoms with van der Waals surface area (Å²) in [4.78, 5) is 0. The van der Waals surface area contributed by atoms with Gasteiger partial charge in [-0.1, -0.05) is 11.2 Å². The van der Waals surface area contributed by atoms with Gasteiger partial charge < -0.3 is 14.5 Å². The quantitative estimate of drug-likeness (QED) is 0.568. The Kier molecular flexibility index (Phi) is 3.96. The Morgan fingerprint density at radius 3 is 2.92 bits per heavy atom. The SMILES string of the molecule is COc1cc(CNc2nnc(-c3ccc4[nH]ncc4c3F)o2)ccc1F. The van der Waals surface area contributed by atoms with Gasteiger partial charge in [0.25, 0.3) is 5.89 Å². The van der Waals surface area contributed by atoms with E-state index >= 15 is 0 Å². The number of rotatable bonds is 5. The first-order chi connectivity index (χ1) is 12.7. The summed E-state index contributed by atoms with van der Waals surface area (Å²) in [6.45, 7) is 0.307. The lowest BCUT2D eigenvalue weighted by Crippen LogP contribution is -2.00. The van der Waals surface area contributed by atoms with Crippen molar-refractivity contribution in [2.24, 2.45) is 0 Å². The van der Waals surface area contributed by atoms with Crippen molar-refractivity contribution in [3.63, 3.8) is 0 Å². The Bertz CT molecular complexity index is 1080. The number of methoxy groups -OCH3 is 1. The van der Waals surface area contributed by atoms with E-state index in [-0.39, 0.29) is 23.2 Å². The smallest absolute Gasteiger partial charge is 0.316 e. The van der Waals surface area contributed by atoms with E-state index in [1.54, 1.807) is 18.2 Å². The highest BCUT2D eigenvalue weighted by Gasteiger charge is 2.16. The first kappa shape index (κ1) is 16.0. The maximum atomic E-state index is 14.5. The molecule has 2 aromatic heterocycles. The monoisotopic (exact) mass is 357 g/mol. The van der Waals surface area contributed by atoms with Crippen LogP contribution in [-0.4, -0.2) is 27.5 Å². The van der Waals surface area contributed by atoms with Crippen molar-refractivity contribution >= 4 is 16.9 Å². The van der Waals surface area contributed by atoms with E-state index in [1.165, 1.54) is 25.4 Å². The second kappa shape index (κ2) is 6.43. The molecule has 0 radical (unpaired) electrons. The van der Waals surface area contributed by atoms with Crippen molar-refractivity contribution in [2.45, 2.75) is 6.54 Å². The van der Waals surface area contributed by atoms with Gasteiger partial charge >= 0.3 is 6.01 Å². The first-order valence-electron chi connectivity index (χ1n) is 7.67. The molecule has 0 aliphatic rings. The standard InChI is InChI=1S/C17H13F2N5O2/c1-25-14-6-9(2-4-12(14)18)7-20-17-24-23-16(26-17)10-3-5-13-11(15(10)19)8-21-22-13/h2-6,8H,7H2,1H3,(H,20,24)(H,21,22). The molecule has 26 heavy (non-hydrogen) atoms. The molecule has 7 nitrogen and oxygen atoms in total. The zero-order valence-electron chi connectivity index (χ0n) is 13.6. The van der Waals surface area contributed by atoms with Crippen LogP contribution in [0.1, 0.15) is 5.56 Å². The molecule has 0 atom stereocenters. The van der Waals surface area contributed by atoms with Crippen LogP contribution in [0.2, 0.25) is 0 Å². The fraction of sp³-hybridized carbons (Fsp3) is 0.118. The average molecular weight is 357 g/mol. The molecule has 2 heterocycles. The lowest BCUT2D eigenvalue weighted by Gasteiger charge is -2.05. The molecule has 0 spiro atoms. The summed E-state index contributed by atoms with van der Waals surface area (Å²) < 4.78 is 38.3. The van der Waals surface area contributed by atoms with Crippen molar-refractivity contribution in [1.29, 1.82) is 0 Å². The van der Waals surface area contributed by atoms with Crippen LogP contribution in [-0.2, 0) is 6.54 Å². The van der Waals surface area contributed by atoms with Gasteiger partial charge in [-0.15, -0.1) is 5.10 Å². The summed E-state index contributed by atoms with van der Waals surface area (Å²) >= 11 is 0. The molecule has 2 N–H and O–H groups in total. The minimum absolute atomic E-state index is 0.0461. The lowest BCUT2D eigenvalue weighted by atomic mass is 10.1. The molecule has 0 saturated heterocycles. The fourth-order valence-electron chi connectivity index (χ4n) is 2.54. The highest BCUT2D eigenvalue weighted by atomic mass is 19.1. The van der Waals surface area contributed by atoms with Crippen LogP contribution in [0.25, 0.3) is 22.4 Å². The molecule has 0 fully saturated rings. The highest BCUT2D eigenvalue weighted by Crippen LogP contribution is 2.28. The second-order valence-corrected chi connectivity index (χ2v) is 5.49. The minimum atomic E-state index is -0.491. The van der Waals surface area contributed by atoms with Crippen LogP contribution >= 0.6 is 0 Å². The van der Waals surface area contributed by atoms with Crippen LogP contribution in [0.4, 0.5) is 14.8 Å². The Morgan fingerprint density at radius 2 is 2.08 bits per heavy atom. The molecule has 4 rings (SSSR count). The minimum Gasteiger partial charge on any atom is -0.494 e. The predicted octanol–water partition coefficient (Wildman–Crippen LogP) is 3.51. The largest absolute Gasteiger partial charge is 0.494 e. The maximum Gasteiger partial charge on any atom is 0.316 e. The molecular weight excluding hydrogens is 344 g/mol. The van der Waals surface area contributed by atoms with E-state index in [1.807, 2.05) is 0 Å². The molecule has 0 unspecified atom stereocenters. The fourth-order valence-corrected chi connectivity index (χ4v) is 2.54. The number of hydrogen-bond donors (Lipinski definition) is 2. The molecule has 0 aliphatic heterocycles. The number of benzene rings is 2. The maximum absolute atomic E-state index is 14.5. The normalized spacial score (nSPS) is 11.0. The van der Waals surface area contributed by atoms with E-state index < -0.39 is 11.6 Å². The van der Waals surface area contributed by atoms with Crippen molar-refractivity contribution in [3.05, 3.63) is 53.7 Å². The van der Waals surface area contributed by atoms with Crippen molar-refractivity contribution in [3.8, 4) is 17.2 Å². The molecule has 0 bridgehead atoms. The summed E-state index contributed by atoms with van der Waals surface area (Å²) in [5, 5.41) is 17.5. The lowest BCUT2D eigenvalue weighted by molar-refractivity contribution is 0.386. The van der Waals surface area contributed by atoms with Gasteiger partial charge in [-0.2, -0.15) is 5.10 Å².